The summed E-state index contributed by atoms with van der Waals surface area (Å²) < 4.78 is 13.5. The molecule has 0 aliphatic rings. The third-order valence-corrected chi connectivity index (χ3v) is 0.870. The summed E-state index contributed by atoms with van der Waals surface area (Å²) in [5.41, 5.74) is 0. The van der Waals surface area contributed by atoms with Crippen LogP contribution in [0.15, 0.2) is 0 Å². The Balaban J connectivity index is -0.00000000204. The zero-order chi connectivity index (χ0) is 6.62. The molecule has 27 N–H and O–H groups in total. The van der Waals surface area contributed by atoms with Gasteiger partial charge in [0.15, 0.2) is 0 Å². The smallest absolute Gasteiger partial charge is 1.00 e. The Morgan fingerprint density at radius 3 is 0.909 bits per heavy atom. The number of aliphatic hydroxyl groups is 1. The van der Waals surface area contributed by atoms with Crippen LogP contribution in [-0.4, -0.2) is 93.8 Å². The van der Waals surface area contributed by atoms with E-state index in [9.17, 15) is 4.57 Å². The normalized spacial score (nSPS) is 4.32. The molecule has 0 heterocycles. The molecule has 0 aromatic rings. The van der Waals surface area contributed by atoms with Crippen molar-refractivity contribution in [2.45, 2.75) is 0 Å². The van der Waals surface area contributed by atoms with Gasteiger partial charge in [-0.05, 0) is 0 Å². The predicted molar refractivity (Wildman–Crippen MR) is 70.7 cm³/mol. The quantitative estimate of drug-likeness (QED) is 0.302. The van der Waals surface area contributed by atoms with Gasteiger partial charge in [0.1, 0.15) is 0 Å². The standard InChI is InChI=1S/C2H7O5P.2Na.12H2O.2H/c3-1-2-7-8(4,5)6;;;;;;;;;;;;;;;;/h3H,1-2H2,(H2,4,5,6);;;12*1H2;;/q;2*+1;;;;;;;;;;;;;2*-1. The first-order valence-corrected chi connectivity index (χ1v) is 3.40. The molecule has 0 saturated carbocycles. The van der Waals surface area contributed by atoms with Crippen molar-refractivity contribution in [1.29, 1.82) is 0 Å². The van der Waals surface area contributed by atoms with Gasteiger partial charge in [-0.3, -0.25) is 4.52 Å². The van der Waals surface area contributed by atoms with Crippen LogP contribution in [0.2, 0.25) is 0 Å². The van der Waals surface area contributed by atoms with Gasteiger partial charge in [-0.1, -0.05) is 0 Å². The fourth-order valence-electron chi connectivity index (χ4n) is 0.160. The Morgan fingerprint density at radius 1 is 0.682 bits per heavy atom. The number of aliphatic hydroxyl groups excluding tert-OH is 1. The molecule has 20 heteroatoms. The molecular weight excluding hydrogens is 373 g/mol. The van der Waals surface area contributed by atoms with E-state index in [2.05, 4.69) is 4.52 Å². The summed E-state index contributed by atoms with van der Waals surface area (Å²) in [7, 11) is -4.34. The first kappa shape index (κ1) is 163. The Kier molecular flexibility index (Phi) is 696. The van der Waals surface area contributed by atoms with Crippen molar-refractivity contribution in [3.8, 4) is 0 Å². The average molecular weight is 406 g/mol. The third-order valence-electron chi connectivity index (χ3n) is 0.351. The zero-order valence-corrected chi connectivity index (χ0v) is 16.9. The molecule has 0 atom stereocenters. The minimum absolute atomic E-state index is 0. The zero-order valence-electron chi connectivity index (χ0n) is 14.0. The fourth-order valence-corrected chi connectivity index (χ4v) is 0.479. The second kappa shape index (κ2) is 93.9. The van der Waals surface area contributed by atoms with Crippen molar-refractivity contribution >= 4 is 7.82 Å². The summed E-state index contributed by atoms with van der Waals surface area (Å²) in [6.45, 7) is -0.713. The van der Waals surface area contributed by atoms with Crippen molar-refractivity contribution in [1.82, 2.24) is 0 Å². The molecule has 0 radical (unpaired) electrons. The van der Waals surface area contributed by atoms with Gasteiger partial charge in [-0.15, -0.1) is 0 Å². The number of phosphoric acid groups is 1. The minimum atomic E-state index is -4.34. The third kappa shape index (κ3) is 211. The Labute approximate surface area is 172 Å². The topological polar surface area (TPSA) is 465 Å². The molecule has 0 fully saturated rings. The van der Waals surface area contributed by atoms with E-state index in [1.165, 1.54) is 0 Å². The van der Waals surface area contributed by atoms with Gasteiger partial charge in [0.2, 0.25) is 0 Å². The minimum Gasteiger partial charge on any atom is -1.00 e. The van der Waals surface area contributed by atoms with Crippen molar-refractivity contribution in [2.24, 2.45) is 0 Å². The SMILES string of the molecule is O.O.O.O.O.O.O.O.O.O.O.O.O=P(O)(O)OCCO.[H-].[H-].[Na+].[Na+]. The van der Waals surface area contributed by atoms with Crippen LogP contribution in [0.1, 0.15) is 2.85 Å². The maximum Gasteiger partial charge on any atom is 1.00 e. The maximum atomic E-state index is 9.75. The van der Waals surface area contributed by atoms with Gasteiger partial charge in [-0.25, -0.2) is 4.57 Å². The largest absolute Gasteiger partial charge is 1.00 e. The Bertz CT molecular complexity index is 119. The number of phosphoric ester groups is 1. The van der Waals surface area contributed by atoms with E-state index in [0.29, 0.717) is 0 Å². The number of hydrogen-bond donors (Lipinski definition) is 3. The molecule has 0 unspecified atom stereocenters. The molecule has 0 spiro atoms. The molecule has 0 rings (SSSR count). The van der Waals surface area contributed by atoms with E-state index in [0.717, 1.165) is 0 Å². The van der Waals surface area contributed by atoms with E-state index in [4.69, 9.17) is 14.9 Å². The summed E-state index contributed by atoms with van der Waals surface area (Å²) in [6, 6.07) is 0. The van der Waals surface area contributed by atoms with E-state index >= 15 is 0 Å². The summed E-state index contributed by atoms with van der Waals surface area (Å²) in [6.07, 6.45) is 0. The Morgan fingerprint density at radius 2 is 0.864 bits per heavy atom. The van der Waals surface area contributed by atoms with Crippen LogP contribution in [0, 0.1) is 0 Å². The molecule has 0 amide bonds. The van der Waals surface area contributed by atoms with Crippen LogP contribution in [0.4, 0.5) is 0 Å². The van der Waals surface area contributed by atoms with Gasteiger partial charge >= 0.3 is 66.9 Å². The molecule has 0 saturated heterocycles. The van der Waals surface area contributed by atoms with Crippen LogP contribution >= 0.6 is 7.82 Å². The molecule has 150 valence electrons. The fraction of sp³-hybridized carbons (Fsp3) is 1.00. The summed E-state index contributed by atoms with van der Waals surface area (Å²) in [5.74, 6) is 0. The summed E-state index contributed by atoms with van der Waals surface area (Å²) >= 11 is 0. The van der Waals surface area contributed by atoms with E-state index in [1.807, 2.05) is 0 Å². The molecule has 0 aliphatic carbocycles. The first-order valence-electron chi connectivity index (χ1n) is 1.87. The number of rotatable bonds is 3. The summed E-state index contributed by atoms with van der Waals surface area (Å²) in [5, 5.41) is 7.96. The van der Waals surface area contributed by atoms with E-state index in [-0.39, 0.29) is 141 Å². The van der Waals surface area contributed by atoms with Crippen molar-refractivity contribution in [3.63, 3.8) is 0 Å². The van der Waals surface area contributed by atoms with Crippen molar-refractivity contribution in [2.75, 3.05) is 13.2 Å². The van der Waals surface area contributed by atoms with Crippen LogP contribution in [-0.2, 0) is 9.09 Å². The number of hydrogen-bond acceptors (Lipinski definition) is 3. The molecule has 0 aromatic carbocycles. The first-order chi connectivity index (χ1) is 3.56. The molecule has 17 nitrogen and oxygen atoms in total. The van der Waals surface area contributed by atoms with Crippen molar-refractivity contribution in [3.05, 3.63) is 0 Å². The van der Waals surface area contributed by atoms with Gasteiger partial charge in [-0.2, -0.15) is 0 Å². The predicted octanol–water partition coefficient (Wildman–Crippen LogP) is -16.6. The molecule has 0 aromatic heterocycles. The van der Waals surface area contributed by atoms with Crippen LogP contribution in [0.5, 0.6) is 0 Å². The van der Waals surface area contributed by atoms with Crippen LogP contribution < -0.4 is 59.1 Å². The molecule has 22 heavy (non-hydrogen) atoms. The van der Waals surface area contributed by atoms with Gasteiger partial charge in [0.25, 0.3) is 0 Å². The van der Waals surface area contributed by atoms with Gasteiger partial charge < -0.3 is 83.5 Å². The molecule has 0 bridgehead atoms. The molecule has 0 aliphatic heterocycles. The average Bonchev–Trinajstić information content (AvgIpc) is 1.59. The van der Waals surface area contributed by atoms with Crippen LogP contribution in [0.25, 0.3) is 0 Å². The second-order valence-electron chi connectivity index (χ2n) is 1.05. The monoisotopic (exact) mass is 406 g/mol. The van der Waals surface area contributed by atoms with E-state index < -0.39 is 7.82 Å². The van der Waals surface area contributed by atoms with Crippen LogP contribution in [0.3, 0.4) is 0 Å². The van der Waals surface area contributed by atoms with Crippen molar-refractivity contribution < 1.29 is 152 Å². The Hall–Kier alpha value is 1.59. The second-order valence-corrected chi connectivity index (χ2v) is 2.29. The maximum absolute atomic E-state index is 9.75. The summed E-state index contributed by atoms with van der Waals surface area (Å²) in [4.78, 5) is 15.9. The molecular formula is C2H33Na2O17P. The van der Waals surface area contributed by atoms with E-state index in [1.54, 1.807) is 0 Å². The van der Waals surface area contributed by atoms with Gasteiger partial charge in [0, 0.05) is 0 Å². The van der Waals surface area contributed by atoms with Gasteiger partial charge in [0.05, 0.1) is 13.2 Å².